The second-order valence-electron chi connectivity index (χ2n) is 4.45. The fourth-order valence-electron chi connectivity index (χ4n) is 1.62. The molecule has 3 nitrogen and oxygen atoms in total. The third-order valence-corrected chi connectivity index (χ3v) is 2.72. The first-order chi connectivity index (χ1) is 7.11. The van der Waals surface area contributed by atoms with Gasteiger partial charge in [-0.05, 0) is 19.9 Å². The lowest BCUT2D eigenvalue weighted by Gasteiger charge is -2.28. The molecular formula is C12H28N2O. The molecule has 1 unspecified atom stereocenters. The van der Waals surface area contributed by atoms with Gasteiger partial charge < -0.3 is 15.0 Å². The number of hydrogen-bond acceptors (Lipinski definition) is 3. The summed E-state index contributed by atoms with van der Waals surface area (Å²) in [5.74, 6) is 0. The van der Waals surface area contributed by atoms with E-state index in [1.165, 1.54) is 6.42 Å². The van der Waals surface area contributed by atoms with E-state index in [2.05, 4.69) is 38.0 Å². The lowest BCUT2D eigenvalue weighted by Crippen LogP contribution is -2.42. The van der Waals surface area contributed by atoms with Crippen LogP contribution in [0.3, 0.4) is 0 Å². The summed E-state index contributed by atoms with van der Waals surface area (Å²) in [5.41, 5.74) is 0. The Hall–Kier alpha value is -0.120. The quantitative estimate of drug-likeness (QED) is 0.594. The summed E-state index contributed by atoms with van der Waals surface area (Å²) in [6.07, 6.45) is 2.31. The van der Waals surface area contributed by atoms with E-state index >= 15 is 0 Å². The van der Waals surface area contributed by atoms with E-state index in [4.69, 9.17) is 4.74 Å². The number of likely N-dealkylation sites (N-methyl/N-ethyl adjacent to an activating group) is 1. The van der Waals surface area contributed by atoms with Crippen LogP contribution in [-0.4, -0.2) is 50.8 Å². The van der Waals surface area contributed by atoms with Crippen LogP contribution in [0.5, 0.6) is 0 Å². The van der Waals surface area contributed by atoms with Crippen molar-refractivity contribution in [3.63, 3.8) is 0 Å². The molecular weight excluding hydrogens is 188 g/mol. The third-order valence-electron chi connectivity index (χ3n) is 2.72. The average molecular weight is 216 g/mol. The first-order valence-electron chi connectivity index (χ1n) is 6.04. The van der Waals surface area contributed by atoms with Crippen LogP contribution < -0.4 is 5.32 Å². The molecule has 0 aromatic carbocycles. The van der Waals surface area contributed by atoms with Crippen LogP contribution in [-0.2, 0) is 4.74 Å². The molecule has 0 amide bonds. The first-order valence-corrected chi connectivity index (χ1v) is 6.04. The Bertz CT molecular complexity index is 140. The summed E-state index contributed by atoms with van der Waals surface area (Å²) in [7, 11) is 3.96. The van der Waals surface area contributed by atoms with Gasteiger partial charge in [-0.25, -0.2) is 0 Å². The van der Waals surface area contributed by atoms with Crippen molar-refractivity contribution in [2.45, 2.75) is 45.7 Å². The van der Waals surface area contributed by atoms with E-state index < -0.39 is 0 Å². The molecule has 92 valence electrons. The normalized spacial score (nSPS) is 13.8. The number of nitrogens with one attached hydrogen (secondary N) is 1. The molecule has 0 radical (unpaired) electrons. The maximum atomic E-state index is 5.06. The largest absolute Gasteiger partial charge is 0.385 e. The Labute approximate surface area is 95.2 Å². The van der Waals surface area contributed by atoms with Crippen molar-refractivity contribution < 1.29 is 4.74 Å². The van der Waals surface area contributed by atoms with Crippen LogP contribution in [0.15, 0.2) is 0 Å². The highest BCUT2D eigenvalue weighted by molar-refractivity contribution is 4.71. The molecule has 0 saturated carbocycles. The minimum absolute atomic E-state index is 0.575. The van der Waals surface area contributed by atoms with Crippen LogP contribution in [0.1, 0.15) is 33.6 Å². The molecule has 0 rings (SSSR count). The Morgan fingerprint density at radius 2 is 2.00 bits per heavy atom. The molecule has 0 spiro atoms. The summed E-state index contributed by atoms with van der Waals surface area (Å²) in [4.78, 5) is 2.42. The van der Waals surface area contributed by atoms with E-state index in [1.807, 2.05) is 0 Å². The monoisotopic (exact) mass is 216 g/mol. The Kier molecular flexibility index (Phi) is 9.06. The molecule has 0 aliphatic carbocycles. The van der Waals surface area contributed by atoms with Gasteiger partial charge in [0.2, 0.25) is 0 Å². The summed E-state index contributed by atoms with van der Waals surface area (Å²) < 4.78 is 5.06. The van der Waals surface area contributed by atoms with E-state index in [1.54, 1.807) is 7.11 Å². The topological polar surface area (TPSA) is 24.5 Å². The van der Waals surface area contributed by atoms with Gasteiger partial charge in [0, 0.05) is 38.9 Å². The SMILES string of the molecule is CCC(CNC(C)C)N(C)CCCOC. The van der Waals surface area contributed by atoms with Gasteiger partial charge in [0.05, 0.1) is 0 Å². The maximum absolute atomic E-state index is 5.06. The minimum atomic E-state index is 0.575. The molecule has 15 heavy (non-hydrogen) atoms. The number of nitrogens with zero attached hydrogens (tertiary/aromatic N) is 1. The predicted molar refractivity (Wildman–Crippen MR) is 66.3 cm³/mol. The standard InChI is InChI=1S/C12H28N2O/c1-6-12(10-13-11(2)3)14(4)8-7-9-15-5/h11-13H,6-10H2,1-5H3. The Morgan fingerprint density at radius 3 is 2.47 bits per heavy atom. The molecule has 0 heterocycles. The highest BCUT2D eigenvalue weighted by Gasteiger charge is 2.11. The molecule has 0 aromatic heterocycles. The van der Waals surface area contributed by atoms with Crippen LogP contribution in [0, 0.1) is 0 Å². The van der Waals surface area contributed by atoms with Crippen molar-refractivity contribution in [1.29, 1.82) is 0 Å². The fourth-order valence-corrected chi connectivity index (χ4v) is 1.62. The van der Waals surface area contributed by atoms with Crippen LogP contribution in [0.4, 0.5) is 0 Å². The van der Waals surface area contributed by atoms with Crippen molar-refractivity contribution >= 4 is 0 Å². The molecule has 0 fully saturated rings. The molecule has 1 atom stereocenters. The summed E-state index contributed by atoms with van der Waals surface area (Å²) in [5, 5.41) is 3.49. The minimum Gasteiger partial charge on any atom is -0.385 e. The van der Waals surface area contributed by atoms with Gasteiger partial charge in [-0.1, -0.05) is 20.8 Å². The lowest BCUT2D eigenvalue weighted by atomic mass is 10.2. The van der Waals surface area contributed by atoms with Gasteiger partial charge >= 0.3 is 0 Å². The van der Waals surface area contributed by atoms with E-state index in [-0.39, 0.29) is 0 Å². The van der Waals surface area contributed by atoms with Crippen molar-refractivity contribution in [1.82, 2.24) is 10.2 Å². The van der Waals surface area contributed by atoms with E-state index in [0.717, 1.165) is 26.1 Å². The molecule has 0 aliphatic heterocycles. The molecule has 0 saturated heterocycles. The number of ether oxygens (including phenoxy) is 1. The maximum Gasteiger partial charge on any atom is 0.0474 e. The van der Waals surface area contributed by atoms with Crippen molar-refractivity contribution in [2.24, 2.45) is 0 Å². The number of rotatable bonds is 9. The van der Waals surface area contributed by atoms with Gasteiger partial charge in [-0.3, -0.25) is 0 Å². The second-order valence-corrected chi connectivity index (χ2v) is 4.45. The first kappa shape index (κ1) is 14.9. The predicted octanol–water partition coefficient (Wildman–Crippen LogP) is 1.73. The fraction of sp³-hybridized carbons (Fsp3) is 1.00. The highest BCUT2D eigenvalue weighted by atomic mass is 16.5. The van der Waals surface area contributed by atoms with Crippen LogP contribution >= 0.6 is 0 Å². The Balaban J connectivity index is 3.72. The molecule has 3 heteroatoms. The number of methoxy groups -OCH3 is 1. The highest BCUT2D eigenvalue weighted by Crippen LogP contribution is 2.02. The van der Waals surface area contributed by atoms with Crippen molar-refractivity contribution in [3.05, 3.63) is 0 Å². The molecule has 1 N–H and O–H groups in total. The van der Waals surface area contributed by atoms with Gasteiger partial charge in [0.25, 0.3) is 0 Å². The van der Waals surface area contributed by atoms with Crippen molar-refractivity contribution in [2.75, 3.05) is 33.9 Å². The smallest absolute Gasteiger partial charge is 0.0474 e. The van der Waals surface area contributed by atoms with Gasteiger partial charge in [0.1, 0.15) is 0 Å². The Morgan fingerprint density at radius 1 is 1.33 bits per heavy atom. The van der Waals surface area contributed by atoms with E-state index in [9.17, 15) is 0 Å². The van der Waals surface area contributed by atoms with Crippen LogP contribution in [0.25, 0.3) is 0 Å². The lowest BCUT2D eigenvalue weighted by molar-refractivity contribution is 0.161. The van der Waals surface area contributed by atoms with E-state index in [0.29, 0.717) is 12.1 Å². The zero-order chi connectivity index (χ0) is 11.7. The summed E-state index contributed by atoms with van der Waals surface area (Å²) >= 11 is 0. The van der Waals surface area contributed by atoms with Gasteiger partial charge in [-0.15, -0.1) is 0 Å². The zero-order valence-corrected chi connectivity index (χ0v) is 11.0. The second kappa shape index (κ2) is 9.13. The van der Waals surface area contributed by atoms with Crippen molar-refractivity contribution in [3.8, 4) is 0 Å². The summed E-state index contributed by atoms with van der Waals surface area (Å²) in [6, 6.07) is 1.22. The summed E-state index contributed by atoms with van der Waals surface area (Å²) in [6.45, 7) is 9.69. The molecule has 0 aliphatic rings. The third kappa shape index (κ3) is 7.77. The molecule has 0 aromatic rings. The van der Waals surface area contributed by atoms with Gasteiger partial charge in [0.15, 0.2) is 0 Å². The number of hydrogen-bond donors (Lipinski definition) is 1. The van der Waals surface area contributed by atoms with Gasteiger partial charge in [-0.2, -0.15) is 0 Å². The zero-order valence-electron chi connectivity index (χ0n) is 11.0. The van der Waals surface area contributed by atoms with Crippen LogP contribution in [0.2, 0.25) is 0 Å². The average Bonchev–Trinajstić information content (AvgIpc) is 2.18. The molecule has 0 bridgehead atoms.